The Morgan fingerprint density at radius 3 is 2.52 bits per heavy atom. The molecule has 3 rings (SSSR count). The molecule has 1 aliphatic heterocycles. The maximum atomic E-state index is 12.0. The molecule has 0 bridgehead atoms. The van der Waals surface area contributed by atoms with Gasteiger partial charge in [0.25, 0.3) is 0 Å². The molecule has 0 saturated carbocycles. The van der Waals surface area contributed by atoms with E-state index in [0.29, 0.717) is 12.4 Å². The Morgan fingerprint density at radius 2 is 1.89 bits per heavy atom. The first-order chi connectivity index (χ1) is 13.0. The van der Waals surface area contributed by atoms with E-state index in [1.807, 2.05) is 67.5 Å². The second kappa shape index (κ2) is 8.35. The van der Waals surface area contributed by atoms with Crippen molar-refractivity contribution in [3.8, 4) is 5.75 Å². The molecule has 1 atom stereocenters. The summed E-state index contributed by atoms with van der Waals surface area (Å²) in [7, 11) is 5.61. The van der Waals surface area contributed by atoms with E-state index in [2.05, 4.69) is 20.8 Å². The molecule has 2 N–H and O–H groups in total. The van der Waals surface area contributed by atoms with Gasteiger partial charge >= 0.3 is 0 Å². The van der Waals surface area contributed by atoms with Crippen LogP contribution in [0.25, 0.3) is 0 Å². The standard InChI is InChI=1S/C20H23N5O2/c1-25(2)16-8-4-14(5-9-16)13-21-24-20-22-18(12-19(26)23-20)15-6-10-17(27-3)11-7-15/h4-11,13,18H,12H2,1-3H3,(H2,22,23,24,26). The van der Waals surface area contributed by atoms with Crippen LogP contribution in [0.15, 0.2) is 58.6 Å². The number of hydrazone groups is 1. The average molecular weight is 365 g/mol. The number of methoxy groups -OCH3 is 1. The summed E-state index contributed by atoms with van der Waals surface area (Å²) in [5.41, 5.74) is 5.83. The Balaban J connectivity index is 1.67. The first-order valence-corrected chi connectivity index (χ1v) is 8.63. The van der Waals surface area contributed by atoms with Gasteiger partial charge in [0.2, 0.25) is 11.9 Å². The minimum absolute atomic E-state index is 0.0983. The van der Waals surface area contributed by atoms with Crippen LogP contribution in [0.1, 0.15) is 23.6 Å². The van der Waals surface area contributed by atoms with Crippen LogP contribution in [0, 0.1) is 0 Å². The smallest absolute Gasteiger partial charge is 0.229 e. The summed E-state index contributed by atoms with van der Waals surface area (Å²) in [5.74, 6) is 1.01. The minimum Gasteiger partial charge on any atom is -0.497 e. The van der Waals surface area contributed by atoms with E-state index in [-0.39, 0.29) is 11.9 Å². The van der Waals surface area contributed by atoms with Gasteiger partial charge in [-0.2, -0.15) is 5.10 Å². The fourth-order valence-corrected chi connectivity index (χ4v) is 2.69. The molecule has 140 valence electrons. The lowest BCUT2D eigenvalue weighted by molar-refractivity contribution is -0.120. The van der Waals surface area contributed by atoms with Crippen molar-refractivity contribution >= 4 is 23.8 Å². The summed E-state index contributed by atoms with van der Waals surface area (Å²) >= 11 is 0. The Bertz CT molecular complexity index is 842. The number of hydrogen-bond donors (Lipinski definition) is 2. The third kappa shape index (κ3) is 4.84. The molecule has 27 heavy (non-hydrogen) atoms. The molecule has 1 unspecified atom stereocenters. The molecular formula is C20H23N5O2. The molecule has 1 amide bonds. The zero-order valence-electron chi connectivity index (χ0n) is 15.6. The number of aliphatic imine (C=N–C) groups is 1. The zero-order valence-corrected chi connectivity index (χ0v) is 15.6. The van der Waals surface area contributed by atoms with E-state index in [4.69, 9.17) is 4.74 Å². The molecule has 1 heterocycles. The fourth-order valence-electron chi connectivity index (χ4n) is 2.69. The fraction of sp³-hybridized carbons (Fsp3) is 0.250. The number of amides is 1. The third-order valence-electron chi connectivity index (χ3n) is 4.22. The van der Waals surface area contributed by atoms with Gasteiger partial charge in [-0.15, -0.1) is 0 Å². The second-order valence-electron chi connectivity index (χ2n) is 6.37. The topological polar surface area (TPSA) is 78.3 Å². The molecular weight excluding hydrogens is 342 g/mol. The molecule has 0 aliphatic carbocycles. The van der Waals surface area contributed by atoms with E-state index in [1.54, 1.807) is 13.3 Å². The van der Waals surface area contributed by atoms with Crippen LogP contribution < -0.4 is 20.4 Å². The number of benzene rings is 2. The molecule has 0 radical (unpaired) electrons. The highest BCUT2D eigenvalue weighted by atomic mass is 16.5. The number of nitrogens with one attached hydrogen (secondary N) is 2. The highest BCUT2D eigenvalue weighted by Crippen LogP contribution is 2.25. The van der Waals surface area contributed by atoms with Crippen LogP contribution in [0.4, 0.5) is 5.69 Å². The van der Waals surface area contributed by atoms with Crippen molar-refractivity contribution in [2.24, 2.45) is 10.1 Å². The zero-order chi connectivity index (χ0) is 19.2. The SMILES string of the molecule is COc1ccc(C2CC(=O)NC(NN=Cc3ccc(N(C)C)cc3)=N2)cc1. The van der Waals surface area contributed by atoms with Gasteiger partial charge in [-0.3, -0.25) is 10.1 Å². The summed E-state index contributed by atoms with van der Waals surface area (Å²) in [4.78, 5) is 18.6. The van der Waals surface area contributed by atoms with Crippen molar-refractivity contribution < 1.29 is 9.53 Å². The molecule has 2 aromatic carbocycles. The van der Waals surface area contributed by atoms with Crippen molar-refractivity contribution in [2.45, 2.75) is 12.5 Å². The number of ether oxygens (including phenoxy) is 1. The first-order valence-electron chi connectivity index (χ1n) is 8.63. The highest BCUT2D eigenvalue weighted by Gasteiger charge is 2.22. The average Bonchev–Trinajstić information content (AvgIpc) is 2.68. The summed E-state index contributed by atoms with van der Waals surface area (Å²) in [6.45, 7) is 0. The normalized spacial score (nSPS) is 16.6. The van der Waals surface area contributed by atoms with Crippen molar-refractivity contribution in [3.05, 3.63) is 59.7 Å². The van der Waals surface area contributed by atoms with Crippen LogP contribution >= 0.6 is 0 Å². The highest BCUT2D eigenvalue weighted by molar-refractivity contribution is 5.99. The first kappa shape index (κ1) is 18.4. The number of rotatable bonds is 5. The molecule has 7 nitrogen and oxygen atoms in total. The van der Waals surface area contributed by atoms with Crippen LogP contribution in [-0.2, 0) is 4.79 Å². The number of hydrogen-bond acceptors (Lipinski definition) is 6. The lowest BCUT2D eigenvalue weighted by Crippen LogP contribution is -2.42. The van der Waals surface area contributed by atoms with Crippen molar-refractivity contribution in [3.63, 3.8) is 0 Å². The van der Waals surface area contributed by atoms with Gasteiger partial charge in [-0.05, 0) is 35.4 Å². The number of anilines is 1. The van der Waals surface area contributed by atoms with Crippen LogP contribution in [0.3, 0.4) is 0 Å². The summed E-state index contributed by atoms with van der Waals surface area (Å²) in [6, 6.07) is 15.3. The minimum atomic E-state index is -0.248. The lowest BCUT2D eigenvalue weighted by atomic mass is 10.0. The molecule has 7 heteroatoms. The number of carbonyl (C=O) groups excluding carboxylic acids is 1. The number of nitrogens with zero attached hydrogens (tertiary/aromatic N) is 3. The van der Waals surface area contributed by atoms with Gasteiger partial charge in [0.1, 0.15) is 5.75 Å². The second-order valence-corrected chi connectivity index (χ2v) is 6.37. The van der Waals surface area contributed by atoms with Crippen LogP contribution in [-0.4, -0.2) is 39.3 Å². The molecule has 0 aromatic heterocycles. The quantitative estimate of drug-likeness (QED) is 0.630. The van der Waals surface area contributed by atoms with Crippen molar-refractivity contribution in [2.75, 3.05) is 26.1 Å². The van der Waals surface area contributed by atoms with Gasteiger partial charge in [0.05, 0.1) is 25.8 Å². The predicted octanol–water partition coefficient (Wildman–Crippen LogP) is 2.30. The van der Waals surface area contributed by atoms with E-state index in [0.717, 1.165) is 22.6 Å². The maximum absolute atomic E-state index is 12.0. The van der Waals surface area contributed by atoms with Gasteiger partial charge in [0.15, 0.2) is 0 Å². The Hall–Kier alpha value is -3.35. The molecule has 0 fully saturated rings. The largest absolute Gasteiger partial charge is 0.497 e. The molecule has 2 aromatic rings. The number of carbonyl (C=O) groups is 1. The van der Waals surface area contributed by atoms with E-state index < -0.39 is 0 Å². The summed E-state index contributed by atoms with van der Waals surface area (Å²) in [5, 5.41) is 6.88. The third-order valence-corrected chi connectivity index (χ3v) is 4.22. The van der Waals surface area contributed by atoms with E-state index >= 15 is 0 Å². The Kier molecular flexibility index (Phi) is 5.71. The van der Waals surface area contributed by atoms with Crippen LogP contribution in [0.2, 0.25) is 0 Å². The van der Waals surface area contributed by atoms with Gasteiger partial charge < -0.3 is 9.64 Å². The Morgan fingerprint density at radius 1 is 1.19 bits per heavy atom. The van der Waals surface area contributed by atoms with Gasteiger partial charge in [0, 0.05) is 19.8 Å². The van der Waals surface area contributed by atoms with Gasteiger partial charge in [-0.25, -0.2) is 10.4 Å². The molecule has 1 aliphatic rings. The van der Waals surface area contributed by atoms with Crippen LogP contribution in [0.5, 0.6) is 5.75 Å². The van der Waals surface area contributed by atoms with Crippen molar-refractivity contribution in [1.29, 1.82) is 0 Å². The van der Waals surface area contributed by atoms with Crippen molar-refractivity contribution in [1.82, 2.24) is 10.7 Å². The summed E-state index contributed by atoms with van der Waals surface area (Å²) in [6.07, 6.45) is 1.98. The molecule has 0 spiro atoms. The summed E-state index contributed by atoms with van der Waals surface area (Å²) < 4.78 is 5.17. The molecule has 0 saturated heterocycles. The lowest BCUT2D eigenvalue weighted by Gasteiger charge is -2.20. The maximum Gasteiger partial charge on any atom is 0.229 e. The Labute approximate surface area is 158 Å². The predicted molar refractivity (Wildman–Crippen MR) is 107 cm³/mol. The monoisotopic (exact) mass is 365 g/mol. The van der Waals surface area contributed by atoms with E-state index in [9.17, 15) is 4.79 Å². The van der Waals surface area contributed by atoms with E-state index in [1.165, 1.54) is 0 Å². The van der Waals surface area contributed by atoms with Gasteiger partial charge in [-0.1, -0.05) is 24.3 Å². The number of guanidine groups is 1.